The molecule has 0 fully saturated rings. The number of amides is 2. The summed E-state index contributed by atoms with van der Waals surface area (Å²) in [6, 6.07) is 17.8. The van der Waals surface area contributed by atoms with E-state index in [-0.39, 0.29) is 36.7 Å². The van der Waals surface area contributed by atoms with Crippen LogP contribution in [0.2, 0.25) is 0 Å². The number of carbonyl (C=O) groups excluding carboxylic acids is 2. The van der Waals surface area contributed by atoms with Crippen LogP contribution in [0.25, 0.3) is 0 Å². The topological polar surface area (TPSA) is 58.2 Å². The third-order valence-electron chi connectivity index (χ3n) is 4.60. The van der Waals surface area contributed by atoms with Gasteiger partial charge in [0.25, 0.3) is 0 Å². The first-order valence-electron chi connectivity index (χ1n) is 9.56. The first kappa shape index (κ1) is 20.7. The maximum atomic E-state index is 12.3. The van der Waals surface area contributed by atoms with Crippen molar-refractivity contribution in [1.29, 1.82) is 0 Å². The first-order chi connectivity index (χ1) is 12.9. The number of benzene rings is 2. The van der Waals surface area contributed by atoms with Crippen molar-refractivity contribution in [3.63, 3.8) is 0 Å². The van der Waals surface area contributed by atoms with E-state index >= 15 is 0 Å². The van der Waals surface area contributed by atoms with Crippen LogP contribution in [0.4, 0.5) is 0 Å². The van der Waals surface area contributed by atoms with E-state index in [9.17, 15) is 9.59 Å². The van der Waals surface area contributed by atoms with Gasteiger partial charge in [0, 0.05) is 0 Å². The monoisotopic (exact) mass is 366 g/mol. The molecular weight excluding hydrogens is 336 g/mol. The van der Waals surface area contributed by atoms with E-state index in [0.717, 1.165) is 11.1 Å². The van der Waals surface area contributed by atoms with Crippen molar-refractivity contribution < 1.29 is 9.59 Å². The Kier molecular flexibility index (Phi) is 7.59. The molecule has 0 saturated carbocycles. The molecule has 0 radical (unpaired) electrons. The molecule has 0 aliphatic rings. The minimum Gasteiger partial charge on any atom is -0.348 e. The first-order valence-corrected chi connectivity index (χ1v) is 9.56. The Labute approximate surface area is 162 Å². The molecule has 2 rings (SSSR count). The maximum absolute atomic E-state index is 12.3. The van der Waals surface area contributed by atoms with E-state index in [4.69, 9.17) is 0 Å². The second kappa shape index (κ2) is 9.91. The van der Waals surface area contributed by atoms with Crippen LogP contribution in [0.3, 0.4) is 0 Å². The zero-order chi connectivity index (χ0) is 19.8. The molecule has 4 nitrogen and oxygen atoms in total. The van der Waals surface area contributed by atoms with Gasteiger partial charge in [0.1, 0.15) is 0 Å². The number of rotatable bonds is 8. The van der Waals surface area contributed by atoms with Gasteiger partial charge in [-0.1, -0.05) is 82.3 Å². The second-order valence-corrected chi connectivity index (χ2v) is 7.55. The predicted octanol–water partition coefficient (Wildman–Crippen LogP) is 3.98. The van der Waals surface area contributed by atoms with Crippen LogP contribution in [-0.2, 0) is 16.0 Å². The molecule has 2 aromatic rings. The van der Waals surface area contributed by atoms with Crippen LogP contribution < -0.4 is 10.6 Å². The highest BCUT2D eigenvalue weighted by Crippen LogP contribution is 2.24. The lowest BCUT2D eigenvalue weighted by Crippen LogP contribution is -2.40. The molecule has 1 atom stereocenters. The van der Waals surface area contributed by atoms with Crippen LogP contribution >= 0.6 is 0 Å². The SMILES string of the molecule is CC(C)c1ccc(C(NC(=O)CNC(=O)Cc2ccccc2)C(C)C)cc1. The van der Waals surface area contributed by atoms with Gasteiger partial charge in [0.15, 0.2) is 0 Å². The lowest BCUT2D eigenvalue weighted by molar-refractivity contribution is -0.126. The fourth-order valence-electron chi connectivity index (χ4n) is 2.97. The van der Waals surface area contributed by atoms with Crippen LogP contribution in [0.1, 0.15) is 56.3 Å². The fourth-order valence-corrected chi connectivity index (χ4v) is 2.97. The zero-order valence-electron chi connectivity index (χ0n) is 16.7. The largest absolute Gasteiger partial charge is 0.348 e. The zero-order valence-corrected chi connectivity index (χ0v) is 16.7. The number of hydrogen-bond donors (Lipinski definition) is 2. The summed E-state index contributed by atoms with van der Waals surface area (Å²) in [5.41, 5.74) is 3.29. The van der Waals surface area contributed by atoms with Crippen molar-refractivity contribution in [2.45, 2.75) is 46.1 Å². The van der Waals surface area contributed by atoms with Gasteiger partial charge in [-0.05, 0) is 28.5 Å². The van der Waals surface area contributed by atoms with Crippen molar-refractivity contribution in [3.05, 3.63) is 71.3 Å². The smallest absolute Gasteiger partial charge is 0.239 e. The maximum Gasteiger partial charge on any atom is 0.239 e. The lowest BCUT2D eigenvalue weighted by atomic mass is 9.93. The average molecular weight is 367 g/mol. The highest BCUT2D eigenvalue weighted by atomic mass is 16.2. The van der Waals surface area contributed by atoms with Crippen molar-refractivity contribution >= 4 is 11.8 Å². The van der Waals surface area contributed by atoms with Crippen molar-refractivity contribution in [3.8, 4) is 0 Å². The molecule has 4 heteroatoms. The van der Waals surface area contributed by atoms with Crippen LogP contribution in [-0.4, -0.2) is 18.4 Å². The highest BCUT2D eigenvalue weighted by molar-refractivity contribution is 5.85. The average Bonchev–Trinajstić information content (AvgIpc) is 2.65. The Bertz CT molecular complexity index is 737. The summed E-state index contributed by atoms with van der Waals surface area (Å²) in [5.74, 6) is 0.395. The van der Waals surface area contributed by atoms with Gasteiger partial charge in [-0.25, -0.2) is 0 Å². The third kappa shape index (κ3) is 6.55. The highest BCUT2D eigenvalue weighted by Gasteiger charge is 2.19. The summed E-state index contributed by atoms with van der Waals surface area (Å²) in [4.78, 5) is 24.4. The Hall–Kier alpha value is -2.62. The molecule has 0 aliphatic carbocycles. The molecule has 1 unspecified atom stereocenters. The molecular formula is C23H30N2O2. The lowest BCUT2D eigenvalue weighted by Gasteiger charge is -2.23. The summed E-state index contributed by atoms with van der Waals surface area (Å²) in [6.45, 7) is 8.47. The summed E-state index contributed by atoms with van der Waals surface area (Å²) in [6.07, 6.45) is 0.276. The molecule has 27 heavy (non-hydrogen) atoms. The van der Waals surface area contributed by atoms with Crippen LogP contribution in [0.5, 0.6) is 0 Å². The van der Waals surface area contributed by atoms with Gasteiger partial charge >= 0.3 is 0 Å². The summed E-state index contributed by atoms with van der Waals surface area (Å²) >= 11 is 0. The summed E-state index contributed by atoms with van der Waals surface area (Å²) in [7, 11) is 0. The molecule has 0 spiro atoms. The molecule has 0 bridgehead atoms. The van der Waals surface area contributed by atoms with Gasteiger partial charge in [-0.3, -0.25) is 9.59 Å². The standard InChI is InChI=1S/C23H30N2O2/c1-16(2)19-10-12-20(13-11-19)23(17(3)4)25-22(27)15-24-21(26)14-18-8-6-5-7-9-18/h5-13,16-17,23H,14-15H2,1-4H3,(H,24,26)(H,25,27). The predicted molar refractivity (Wildman–Crippen MR) is 109 cm³/mol. The van der Waals surface area contributed by atoms with E-state index in [1.807, 2.05) is 30.3 Å². The van der Waals surface area contributed by atoms with Crippen molar-refractivity contribution in [2.24, 2.45) is 5.92 Å². The summed E-state index contributed by atoms with van der Waals surface area (Å²) < 4.78 is 0. The molecule has 2 amide bonds. The summed E-state index contributed by atoms with van der Waals surface area (Å²) in [5, 5.41) is 5.75. The minimum atomic E-state index is -0.178. The van der Waals surface area contributed by atoms with Gasteiger partial charge in [0.05, 0.1) is 19.0 Å². The van der Waals surface area contributed by atoms with Gasteiger partial charge in [0.2, 0.25) is 11.8 Å². The molecule has 144 valence electrons. The van der Waals surface area contributed by atoms with E-state index in [1.54, 1.807) is 0 Å². The van der Waals surface area contributed by atoms with E-state index in [1.165, 1.54) is 5.56 Å². The van der Waals surface area contributed by atoms with Gasteiger partial charge in [-0.15, -0.1) is 0 Å². The molecule has 0 heterocycles. The Morgan fingerprint density at radius 2 is 1.41 bits per heavy atom. The molecule has 0 aromatic heterocycles. The molecule has 2 N–H and O–H groups in total. The Morgan fingerprint density at radius 1 is 0.815 bits per heavy atom. The second-order valence-electron chi connectivity index (χ2n) is 7.55. The number of nitrogens with one attached hydrogen (secondary N) is 2. The molecule has 0 aliphatic heterocycles. The quantitative estimate of drug-likeness (QED) is 0.742. The third-order valence-corrected chi connectivity index (χ3v) is 4.60. The van der Waals surface area contributed by atoms with Crippen LogP contribution in [0, 0.1) is 5.92 Å². The van der Waals surface area contributed by atoms with E-state index in [0.29, 0.717) is 5.92 Å². The molecule has 2 aromatic carbocycles. The minimum absolute atomic E-state index is 0.0149. The number of carbonyl (C=O) groups is 2. The van der Waals surface area contributed by atoms with Crippen molar-refractivity contribution in [2.75, 3.05) is 6.54 Å². The molecule has 0 saturated heterocycles. The fraction of sp³-hybridized carbons (Fsp3) is 0.391. The van der Waals surface area contributed by atoms with Crippen molar-refractivity contribution in [1.82, 2.24) is 10.6 Å². The van der Waals surface area contributed by atoms with Gasteiger partial charge < -0.3 is 10.6 Å². The van der Waals surface area contributed by atoms with E-state index in [2.05, 4.69) is 62.6 Å². The number of hydrogen-bond acceptors (Lipinski definition) is 2. The van der Waals surface area contributed by atoms with Crippen LogP contribution in [0.15, 0.2) is 54.6 Å². The van der Waals surface area contributed by atoms with Gasteiger partial charge in [-0.2, -0.15) is 0 Å². The Balaban J connectivity index is 1.90. The Morgan fingerprint density at radius 3 is 1.96 bits per heavy atom. The normalized spacial score (nSPS) is 12.1. The van der Waals surface area contributed by atoms with E-state index < -0.39 is 0 Å².